The molecule has 0 aromatic carbocycles. The highest BCUT2D eigenvalue weighted by Crippen LogP contribution is 2.23. The number of hydrogen-bond acceptors (Lipinski definition) is 4. The summed E-state index contributed by atoms with van der Waals surface area (Å²) in [4.78, 5) is 3.78. The minimum atomic E-state index is -4.08. The number of rotatable bonds is 10. The average molecular weight is 373 g/mol. The highest BCUT2D eigenvalue weighted by atomic mass is 32.2. The van der Waals surface area contributed by atoms with Crippen LogP contribution < -0.4 is 0 Å². The van der Waals surface area contributed by atoms with E-state index in [1.54, 1.807) is 12.4 Å². The fourth-order valence-corrected chi connectivity index (χ4v) is 2.45. The van der Waals surface area contributed by atoms with Crippen LogP contribution in [-0.4, -0.2) is 25.3 Å². The fraction of sp³-hybridized carbons (Fsp3) is 0.667. The Balaban J connectivity index is 0.000000728. The van der Waals surface area contributed by atoms with E-state index >= 15 is 0 Å². The summed E-state index contributed by atoms with van der Waals surface area (Å²) in [7, 11) is -4.03. The van der Waals surface area contributed by atoms with Gasteiger partial charge < -0.3 is 0 Å². The van der Waals surface area contributed by atoms with Gasteiger partial charge in [0.1, 0.15) is 0 Å². The molecule has 1 heterocycles. The summed E-state index contributed by atoms with van der Waals surface area (Å²) < 4.78 is 70.7. The molecule has 0 bridgehead atoms. The second kappa shape index (κ2) is 13.1. The zero-order valence-electron chi connectivity index (χ0n) is 13.3. The van der Waals surface area contributed by atoms with Crippen molar-refractivity contribution in [3.8, 4) is 0 Å². The molecular formula is C15H23F4NO3S. The molecule has 1 aromatic rings. The van der Waals surface area contributed by atoms with E-state index in [9.17, 15) is 26.1 Å². The van der Waals surface area contributed by atoms with Crippen LogP contribution in [0.3, 0.4) is 0 Å². The molecular weight excluding hydrogens is 350 g/mol. The van der Waals surface area contributed by atoms with Crippen LogP contribution in [0, 0.1) is 0 Å². The normalized spacial score (nSPS) is 11.7. The standard InChI is InChI=1S/C10H18F4O3S.C5H5N/c11-10(12,13)8-6-4-2-1-3-5-7-9-18(15,16)17-14;1-2-4-6-5-3-1/h1-9H2;1-5H. The van der Waals surface area contributed by atoms with Crippen LogP contribution in [0.2, 0.25) is 0 Å². The number of pyridine rings is 1. The Hall–Kier alpha value is -1.22. The first kappa shape index (κ1) is 22.8. The van der Waals surface area contributed by atoms with Gasteiger partial charge >= 0.3 is 6.18 Å². The number of unbranched alkanes of at least 4 members (excludes halogenated alkanes) is 6. The van der Waals surface area contributed by atoms with Crippen molar-refractivity contribution in [1.29, 1.82) is 0 Å². The van der Waals surface area contributed by atoms with Gasteiger partial charge in [0.25, 0.3) is 10.1 Å². The third-order valence-corrected chi connectivity index (χ3v) is 4.00. The smallest absolute Gasteiger partial charge is 0.265 e. The van der Waals surface area contributed by atoms with Crippen LogP contribution in [0.1, 0.15) is 51.4 Å². The Kier molecular flexibility index (Phi) is 12.4. The van der Waals surface area contributed by atoms with Crippen LogP contribution in [0.25, 0.3) is 0 Å². The monoisotopic (exact) mass is 373 g/mol. The molecule has 0 saturated heterocycles. The largest absolute Gasteiger partial charge is 0.389 e. The summed E-state index contributed by atoms with van der Waals surface area (Å²) in [6.07, 6.45) is 2.40. The topological polar surface area (TPSA) is 56.3 Å². The van der Waals surface area contributed by atoms with Gasteiger partial charge in [-0.25, -0.2) is 0 Å². The van der Waals surface area contributed by atoms with E-state index in [0.29, 0.717) is 25.7 Å². The molecule has 0 aliphatic heterocycles. The second-order valence-corrected chi connectivity index (χ2v) is 6.84. The van der Waals surface area contributed by atoms with Gasteiger partial charge in [-0.1, -0.05) is 42.6 Å². The van der Waals surface area contributed by atoms with E-state index in [1.165, 1.54) is 0 Å². The number of halogens is 4. The van der Waals surface area contributed by atoms with Crippen molar-refractivity contribution in [3.63, 3.8) is 0 Å². The van der Waals surface area contributed by atoms with Gasteiger partial charge in [-0.05, 0) is 29.5 Å². The Morgan fingerprint density at radius 3 is 1.71 bits per heavy atom. The van der Waals surface area contributed by atoms with Crippen LogP contribution >= 0.6 is 0 Å². The van der Waals surface area contributed by atoms with Crippen molar-refractivity contribution in [3.05, 3.63) is 30.6 Å². The zero-order chi connectivity index (χ0) is 18.3. The molecule has 0 spiro atoms. The molecule has 140 valence electrons. The Bertz CT molecular complexity index is 468. The molecule has 24 heavy (non-hydrogen) atoms. The predicted octanol–water partition coefficient (Wildman–Crippen LogP) is 4.98. The van der Waals surface area contributed by atoms with E-state index in [1.807, 2.05) is 18.2 Å². The van der Waals surface area contributed by atoms with Crippen molar-refractivity contribution in [2.24, 2.45) is 0 Å². The predicted molar refractivity (Wildman–Crippen MR) is 83.2 cm³/mol. The van der Waals surface area contributed by atoms with E-state index in [0.717, 1.165) is 12.8 Å². The van der Waals surface area contributed by atoms with Gasteiger partial charge in [0.15, 0.2) is 0 Å². The second-order valence-electron chi connectivity index (χ2n) is 5.19. The van der Waals surface area contributed by atoms with E-state index in [2.05, 4.69) is 9.37 Å². The minimum Gasteiger partial charge on any atom is -0.265 e. The molecule has 0 aliphatic rings. The fourth-order valence-electron chi connectivity index (χ4n) is 1.83. The highest BCUT2D eigenvalue weighted by molar-refractivity contribution is 7.86. The van der Waals surface area contributed by atoms with Gasteiger partial charge in [-0.3, -0.25) is 4.98 Å². The molecule has 0 unspecified atom stereocenters. The minimum absolute atomic E-state index is 0.133. The maximum atomic E-state index is 11.8. The van der Waals surface area contributed by atoms with Crippen LogP contribution in [0.4, 0.5) is 17.7 Å². The maximum absolute atomic E-state index is 11.8. The van der Waals surface area contributed by atoms with Crippen LogP contribution in [0.5, 0.6) is 0 Å². The zero-order valence-corrected chi connectivity index (χ0v) is 14.2. The summed E-state index contributed by atoms with van der Waals surface area (Å²) in [5.41, 5.74) is 0. The lowest BCUT2D eigenvalue weighted by molar-refractivity contribution is -0.135. The van der Waals surface area contributed by atoms with Crippen LogP contribution in [0.15, 0.2) is 30.6 Å². The summed E-state index contributed by atoms with van der Waals surface area (Å²) in [5.74, 6) is -0.364. The Labute approximate surface area is 140 Å². The van der Waals surface area contributed by atoms with E-state index in [-0.39, 0.29) is 12.2 Å². The average Bonchev–Trinajstić information content (AvgIpc) is 2.54. The van der Waals surface area contributed by atoms with Gasteiger partial charge in [0.2, 0.25) is 0 Å². The van der Waals surface area contributed by atoms with Crippen molar-refractivity contribution < 1.29 is 30.5 Å². The maximum Gasteiger partial charge on any atom is 0.389 e. The van der Waals surface area contributed by atoms with E-state index in [4.69, 9.17) is 0 Å². The van der Waals surface area contributed by atoms with Crippen molar-refractivity contribution in [1.82, 2.24) is 4.98 Å². The molecule has 0 N–H and O–H groups in total. The number of aromatic nitrogens is 1. The summed E-state index contributed by atoms with van der Waals surface area (Å²) in [5, 5.41) is 0. The molecule has 0 radical (unpaired) electrons. The number of alkyl halides is 3. The Morgan fingerprint density at radius 1 is 0.833 bits per heavy atom. The SMILES string of the molecule is O=S(=O)(CCCCCCCCCC(F)(F)F)OF.c1ccncc1. The first-order chi connectivity index (χ1) is 11.3. The van der Waals surface area contributed by atoms with Crippen molar-refractivity contribution >= 4 is 10.1 Å². The Morgan fingerprint density at radius 2 is 1.33 bits per heavy atom. The number of hydrogen-bond donors (Lipinski definition) is 0. The highest BCUT2D eigenvalue weighted by Gasteiger charge is 2.25. The van der Waals surface area contributed by atoms with Gasteiger partial charge in [-0.2, -0.15) is 21.6 Å². The van der Waals surface area contributed by atoms with Crippen LogP contribution in [-0.2, 0) is 14.5 Å². The third kappa shape index (κ3) is 17.1. The molecule has 0 amide bonds. The first-order valence-electron chi connectivity index (χ1n) is 7.71. The molecule has 4 nitrogen and oxygen atoms in total. The summed E-state index contributed by atoms with van der Waals surface area (Å²) in [6, 6.07) is 5.72. The lowest BCUT2D eigenvalue weighted by Crippen LogP contribution is -2.06. The van der Waals surface area contributed by atoms with Crippen molar-refractivity contribution in [2.75, 3.05) is 5.75 Å². The number of nitrogens with zero attached hydrogens (tertiary/aromatic N) is 1. The lowest BCUT2D eigenvalue weighted by atomic mass is 10.1. The molecule has 0 saturated carbocycles. The first-order valence-corrected chi connectivity index (χ1v) is 9.29. The molecule has 1 rings (SSSR count). The van der Waals surface area contributed by atoms with Crippen molar-refractivity contribution in [2.45, 2.75) is 57.5 Å². The lowest BCUT2D eigenvalue weighted by Gasteiger charge is -2.05. The summed E-state index contributed by atoms with van der Waals surface area (Å²) in [6.45, 7) is 0. The molecule has 1 aromatic heterocycles. The molecule has 0 aliphatic carbocycles. The molecule has 0 fully saturated rings. The van der Waals surface area contributed by atoms with Gasteiger partial charge in [0, 0.05) is 18.8 Å². The van der Waals surface area contributed by atoms with Gasteiger partial charge in [0.05, 0.1) is 5.75 Å². The van der Waals surface area contributed by atoms with Gasteiger partial charge in [-0.15, -0.1) is 0 Å². The van der Waals surface area contributed by atoms with E-state index < -0.39 is 22.7 Å². The summed E-state index contributed by atoms with van der Waals surface area (Å²) >= 11 is 0. The third-order valence-electron chi connectivity index (χ3n) is 3.02. The quantitative estimate of drug-likeness (QED) is 0.429. The molecule has 0 atom stereocenters. The molecule has 9 heteroatoms.